The molecule has 3 aromatic carbocycles. The summed E-state index contributed by atoms with van der Waals surface area (Å²) in [6, 6.07) is 21.2. The number of non-ortho nitro benzene ring substituents is 1. The zero-order valence-corrected chi connectivity index (χ0v) is 15.6. The summed E-state index contributed by atoms with van der Waals surface area (Å²) in [4.78, 5) is 22.7. The monoisotopic (exact) mass is 459 g/mol. The van der Waals surface area contributed by atoms with E-state index in [0.717, 1.165) is 11.4 Å². The normalized spacial score (nSPS) is 10.2. The van der Waals surface area contributed by atoms with Gasteiger partial charge < -0.3 is 10.6 Å². The number of anilines is 3. The lowest BCUT2D eigenvalue weighted by Crippen LogP contribution is -2.13. The number of nitro groups is 1. The fraction of sp³-hybridized carbons (Fsp3) is 0. The summed E-state index contributed by atoms with van der Waals surface area (Å²) in [5.74, 6) is -0.312. The molecule has 2 N–H and O–H groups in total. The lowest BCUT2D eigenvalue weighted by atomic mass is 10.2. The molecule has 0 aliphatic heterocycles. The van der Waals surface area contributed by atoms with Crippen LogP contribution in [-0.4, -0.2) is 10.8 Å². The summed E-state index contributed by atoms with van der Waals surface area (Å²) < 4.78 is 0.525. The summed E-state index contributed by atoms with van der Waals surface area (Å²) in [6.07, 6.45) is 0. The Kier molecular flexibility index (Phi) is 5.47. The number of rotatable bonds is 5. The second-order valence-corrected chi connectivity index (χ2v) is 6.61. The molecular formula is C19H14IN3O3. The second kappa shape index (κ2) is 7.96. The minimum atomic E-state index is -0.484. The van der Waals surface area contributed by atoms with Crippen molar-refractivity contribution in [3.8, 4) is 0 Å². The molecular weight excluding hydrogens is 445 g/mol. The van der Waals surface area contributed by atoms with Crippen molar-refractivity contribution in [1.29, 1.82) is 0 Å². The van der Waals surface area contributed by atoms with E-state index in [2.05, 4.69) is 10.6 Å². The van der Waals surface area contributed by atoms with Crippen molar-refractivity contribution in [1.82, 2.24) is 0 Å². The number of hydrogen-bond acceptors (Lipinski definition) is 4. The van der Waals surface area contributed by atoms with E-state index in [1.165, 1.54) is 18.2 Å². The van der Waals surface area contributed by atoms with Crippen molar-refractivity contribution >= 4 is 51.2 Å². The molecule has 0 spiro atoms. The maximum absolute atomic E-state index is 12.4. The van der Waals surface area contributed by atoms with Crippen LogP contribution in [-0.2, 0) is 0 Å². The van der Waals surface area contributed by atoms with Crippen molar-refractivity contribution < 1.29 is 9.72 Å². The summed E-state index contributed by atoms with van der Waals surface area (Å²) >= 11 is 1.92. The van der Waals surface area contributed by atoms with Crippen LogP contribution in [0.15, 0.2) is 72.8 Å². The Balaban J connectivity index is 1.69. The van der Waals surface area contributed by atoms with Gasteiger partial charge >= 0.3 is 0 Å². The highest BCUT2D eigenvalue weighted by molar-refractivity contribution is 14.1. The fourth-order valence-corrected chi connectivity index (χ4v) is 3.07. The molecule has 0 aliphatic rings. The third-order valence-electron chi connectivity index (χ3n) is 3.61. The zero-order chi connectivity index (χ0) is 18.5. The van der Waals surface area contributed by atoms with E-state index >= 15 is 0 Å². The highest BCUT2D eigenvalue weighted by atomic mass is 127. The van der Waals surface area contributed by atoms with E-state index in [1.807, 2.05) is 65.1 Å². The standard InChI is InChI=1S/C19H14IN3O3/c20-18-12-16(23(25)26)10-11-17(18)19(24)22-15-8-6-14(7-9-15)21-13-4-2-1-3-5-13/h1-12,21H,(H,22,24). The lowest BCUT2D eigenvalue weighted by molar-refractivity contribution is -0.384. The van der Waals surface area contributed by atoms with Crippen molar-refractivity contribution in [2.45, 2.75) is 0 Å². The number of nitro benzene ring substituents is 1. The number of amides is 1. The van der Waals surface area contributed by atoms with Crippen LogP contribution in [0.4, 0.5) is 22.7 Å². The largest absolute Gasteiger partial charge is 0.356 e. The molecule has 1 amide bonds. The molecule has 0 aromatic heterocycles. The maximum Gasteiger partial charge on any atom is 0.270 e. The van der Waals surface area contributed by atoms with Crippen LogP contribution in [0.5, 0.6) is 0 Å². The van der Waals surface area contributed by atoms with Crippen LogP contribution in [0.3, 0.4) is 0 Å². The van der Waals surface area contributed by atoms with Crippen LogP contribution in [0.25, 0.3) is 0 Å². The number of carbonyl (C=O) groups excluding carboxylic acids is 1. The van der Waals surface area contributed by atoms with Crippen LogP contribution in [0, 0.1) is 13.7 Å². The molecule has 0 aliphatic carbocycles. The Morgan fingerprint density at radius 1 is 0.885 bits per heavy atom. The average Bonchev–Trinajstić information content (AvgIpc) is 2.64. The first-order valence-electron chi connectivity index (χ1n) is 7.70. The first kappa shape index (κ1) is 17.9. The number of nitrogens with one attached hydrogen (secondary N) is 2. The van der Waals surface area contributed by atoms with Gasteiger partial charge in [0.15, 0.2) is 0 Å². The van der Waals surface area contributed by atoms with E-state index in [9.17, 15) is 14.9 Å². The minimum Gasteiger partial charge on any atom is -0.356 e. The Morgan fingerprint density at radius 2 is 1.50 bits per heavy atom. The molecule has 26 heavy (non-hydrogen) atoms. The highest BCUT2D eigenvalue weighted by Crippen LogP contribution is 2.22. The SMILES string of the molecule is O=C(Nc1ccc(Nc2ccccc2)cc1)c1ccc([N+](=O)[O-])cc1I. The number of carbonyl (C=O) groups is 1. The summed E-state index contributed by atoms with van der Waals surface area (Å²) in [7, 11) is 0. The van der Waals surface area contributed by atoms with E-state index in [1.54, 1.807) is 12.1 Å². The van der Waals surface area contributed by atoms with Gasteiger partial charge in [-0.15, -0.1) is 0 Å². The Labute approximate surface area is 163 Å². The fourth-order valence-electron chi connectivity index (χ4n) is 2.33. The van der Waals surface area contributed by atoms with Crippen molar-refractivity contribution in [2.24, 2.45) is 0 Å². The third kappa shape index (κ3) is 4.37. The van der Waals surface area contributed by atoms with Gasteiger partial charge in [-0.25, -0.2) is 0 Å². The Hall–Kier alpha value is -2.94. The summed E-state index contributed by atoms with van der Waals surface area (Å²) in [5, 5.41) is 16.8. The third-order valence-corrected chi connectivity index (χ3v) is 4.51. The number of benzene rings is 3. The molecule has 0 fully saturated rings. The van der Waals surface area contributed by atoms with Crippen molar-refractivity contribution in [3.05, 3.63) is 92.0 Å². The first-order valence-corrected chi connectivity index (χ1v) is 8.78. The van der Waals surface area contributed by atoms with Gasteiger partial charge in [-0.1, -0.05) is 18.2 Å². The molecule has 7 heteroatoms. The predicted molar refractivity (Wildman–Crippen MR) is 110 cm³/mol. The highest BCUT2D eigenvalue weighted by Gasteiger charge is 2.14. The number of nitrogens with zero attached hydrogens (tertiary/aromatic N) is 1. The topological polar surface area (TPSA) is 84.3 Å². The van der Waals surface area contributed by atoms with Crippen LogP contribution in [0.2, 0.25) is 0 Å². The molecule has 0 heterocycles. The Bertz CT molecular complexity index is 944. The molecule has 3 rings (SSSR count). The van der Waals surface area contributed by atoms with Gasteiger partial charge in [0, 0.05) is 32.8 Å². The Morgan fingerprint density at radius 3 is 2.12 bits per heavy atom. The number of halogens is 1. The van der Waals surface area contributed by atoms with Gasteiger partial charge in [0.25, 0.3) is 11.6 Å². The molecule has 130 valence electrons. The second-order valence-electron chi connectivity index (χ2n) is 5.44. The molecule has 0 bridgehead atoms. The van der Waals surface area contributed by atoms with Crippen LogP contribution >= 0.6 is 22.6 Å². The van der Waals surface area contributed by atoms with Gasteiger partial charge in [-0.05, 0) is 65.1 Å². The molecule has 0 saturated carbocycles. The van der Waals surface area contributed by atoms with E-state index in [-0.39, 0.29) is 11.6 Å². The van der Waals surface area contributed by atoms with Gasteiger partial charge in [-0.3, -0.25) is 14.9 Å². The molecule has 6 nitrogen and oxygen atoms in total. The van der Waals surface area contributed by atoms with Crippen LogP contribution in [0.1, 0.15) is 10.4 Å². The molecule has 0 radical (unpaired) electrons. The van der Waals surface area contributed by atoms with E-state index in [0.29, 0.717) is 14.8 Å². The zero-order valence-electron chi connectivity index (χ0n) is 13.5. The first-order chi connectivity index (χ1) is 12.5. The van der Waals surface area contributed by atoms with Crippen LogP contribution < -0.4 is 10.6 Å². The quantitative estimate of drug-likeness (QED) is 0.312. The van der Waals surface area contributed by atoms with Gasteiger partial charge in [0.1, 0.15) is 0 Å². The molecule has 0 atom stereocenters. The molecule has 0 saturated heterocycles. The van der Waals surface area contributed by atoms with Gasteiger partial charge in [-0.2, -0.15) is 0 Å². The number of para-hydroxylation sites is 1. The molecule has 3 aromatic rings. The lowest BCUT2D eigenvalue weighted by Gasteiger charge is -2.09. The van der Waals surface area contributed by atoms with E-state index < -0.39 is 4.92 Å². The summed E-state index contributed by atoms with van der Waals surface area (Å²) in [6.45, 7) is 0. The predicted octanol–water partition coefficient (Wildman–Crippen LogP) is 5.20. The van der Waals surface area contributed by atoms with E-state index in [4.69, 9.17) is 0 Å². The average molecular weight is 459 g/mol. The number of hydrogen-bond donors (Lipinski definition) is 2. The molecule has 0 unspecified atom stereocenters. The minimum absolute atomic E-state index is 0.0395. The van der Waals surface area contributed by atoms with Gasteiger partial charge in [0.05, 0.1) is 10.5 Å². The van der Waals surface area contributed by atoms with Crippen molar-refractivity contribution in [2.75, 3.05) is 10.6 Å². The maximum atomic E-state index is 12.4. The van der Waals surface area contributed by atoms with Gasteiger partial charge in [0.2, 0.25) is 0 Å². The summed E-state index contributed by atoms with van der Waals surface area (Å²) in [5.41, 5.74) is 2.87. The van der Waals surface area contributed by atoms with Crippen molar-refractivity contribution in [3.63, 3.8) is 0 Å². The smallest absolute Gasteiger partial charge is 0.270 e.